The van der Waals surface area contributed by atoms with Crippen molar-refractivity contribution < 1.29 is 9.90 Å². The van der Waals surface area contributed by atoms with E-state index in [0.29, 0.717) is 6.42 Å². The van der Waals surface area contributed by atoms with Gasteiger partial charge in [0.1, 0.15) is 5.78 Å². The maximum atomic E-state index is 12.3. The highest BCUT2D eigenvalue weighted by molar-refractivity contribution is 5.96. The third kappa shape index (κ3) is 3.38. The van der Waals surface area contributed by atoms with Crippen molar-refractivity contribution in [2.45, 2.75) is 38.0 Å². The van der Waals surface area contributed by atoms with Crippen LogP contribution < -0.4 is 0 Å². The molecular formula is C25H25NO2. The van der Waals surface area contributed by atoms with Crippen molar-refractivity contribution in [2.75, 3.05) is 6.61 Å². The van der Waals surface area contributed by atoms with Crippen LogP contribution in [0.15, 0.2) is 67.0 Å². The largest absolute Gasteiger partial charge is 0.396 e. The average Bonchev–Trinajstić information content (AvgIpc) is 2.95. The normalized spacial score (nSPS) is 16.0. The molecule has 0 saturated carbocycles. The predicted molar refractivity (Wildman–Crippen MR) is 111 cm³/mol. The van der Waals surface area contributed by atoms with Gasteiger partial charge < -0.3 is 5.11 Å². The first kappa shape index (κ1) is 18.6. The van der Waals surface area contributed by atoms with E-state index < -0.39 is 5.41 Å². The van der Waals surface area contributed by atoms with E-state index in [4.69, 9.17) is 0 Å². The highest BCUT2D eigenvalue weighted by Crippen LogP contribution is 2.38. The first-order chi connectivity index (χ1) is 13.5. The smallest absolute Gasteiger partial charge is 0.147 e. The number of hydrogen-bond acceptors (Lipinski definition) is 3. The van der Waals surface area contributed by atoms with Gasteiger partial charge in [0.2, 0.25) is 0 Å². The zero-order valence-corrected chi connectivity index (χ0v) is 16.4. The fraction of sp³-hybridized carbons (Fsp3) is 0.280. The van der Waals surface area contributed by atoms with Crippen molar-refractivity contribution in [3.63, 3.8) is 0 Å². The molecule has 0 bridgehead atoms. The van der Waals surface area contributed by atoms with Gasteiger partial charge in [-0.05, 0) is 60.2 Å². The Labute approximate surface area is 166 Å². The van der Waals surface area contributed by atoms with Crippen LogP contribution in [0.4, 0.5) is 0 Å². The summed E-state index contributed by atoms with van der Waals surface area (Å²) in [7, 11) is 0. The molecule has 3 aromatic rings. The summed E-state index contributed by atoms with van der Waals surface area (Å²) >= 11 is 0. The molecule has 0 saturated heterocycles. The number of aliphatic hydroxyl groups excluding tert-OH is 1. The second-order valence-electron chi connectivity index (χ2n) is 8.17. The maximum Gasteiger partial charge on any atom is 0.147 e. The summed E-state index contributed by atoms with van der Waals surface area (Å²) in [6.07, 6.45) is 4.99. The number of hydrogen-bond donors (Lipinski definition) is 1. The summed E-state index contributed by atoms with van der Waals surface area (Å²) in [6, 6.07) is 18.5. The molecule has 1 heterocycles. The lowest BCUT2D eigenvalue weighted by molar-refractivity contribution is -0.121. The highest BCUT2D eigenvalue weighted by atomic mass is 16.3. The number of carbonyl (C=O) groups excluding carboxylic acids is 1. The molecule has 0 fully saturated rings. The van der Waals surface area contributed by atoms with E-state index in [0.717, 1.165) is 39.8 Å². The summed E-state index contributed by atoms with van der Waals surface area (Å²) in [4.78, 5) is 16.7. The number of carbonyl (C=O) groups is 1. The topological polar surface area (TPSA) is 50.2 Å². The molecule has 1 aliphatic carbocycles. The van der Waals surface area contributed by atoms with Crippen molar-refractivity contribution in [3.8, 4) is 11.1 Å². The highest BCUT2D eigenvalue weighted by Gasteiger charge is 2.37. The van der Waals surface area contributed by atoms with Crippen molar-refractivity contribution in [1.82, 2.24) is 4.98 Å². The Hall–Kier alpha value is -2.78. The minimum absolute atomic E-state index is 0.0508. The van der Waals surface area contributed by atoms with Crippen LogP contribution in [0.25, 0.3) is 11.1 Å². The van der Waals surface area contributed by atoms with Gasteiger partial charge in [-0.25, -0.2) is 0 Å². The van der Waals surface area contributed by atoms with Crippen LogP contribution >= 0.6 is 0 Å². The Morgan fingerprint density at radius 3 is 2.57 bits per heavy atom. The van der Waals surface area contributed by atoms with Gasteiger partial charge in [0, 0.05) is 35.7 Å². The lowest BCUT2D eigenvalue weighted by Crippen LogP contribution is -2.23. The van der Waals surface area contributed by atoms with Crippen molar-refractivity contribution in [3.05, 3.63) is 89.2 Å². The van der Waals surface area contributed by atoms with E-state index in [9.17, 15) is 9.90 Å². The molecule has 2 aromatic carbocycles. The van der Waals surface area contributed by atoms with E-state index in [1.54, 1.807) is 0 Å². The van der Waals surface area contributed by atoms with Crippen LogP contribution in [0.5, 0.6) is 0 Å². The second kappa shape index (κ2) is 7.33. The number of aromatic nitrogens is 1. The van der Waals surface area contributed by atoms with Crippen molar-refractivity contribution in [1.29, 1.82) is 0 Å². The number of ketones is 1. The number of nitrogens with zero attached hydrogens (tertiary/aromatic N) is 1. The molecule has 0 spiro atoms. The van der Waals surface area contributed by atoms with Crippen LogP contribution in [-0.2, 0) is 23.1 Å². The molecule has 142 valence electrons. The molecule has 1 atom stereocenters. The monoisotopic (exact) mass is 371 g/mol. The van der Waals surface area contributed by atoms with Crippen LogP contribution in [0.3, 0.4) is 0 Å². The molecule has 0 amide bonds. The number of benzene rings is 2. The quantitative estimate of drug-likeness (QED) is 0.720. The number of pyridine rings is 1. The standard InChI is InChI=1S/C25H25NO2/c1-25(2)23-12-19(8-9-20(23)13-24(25)28)21-10-17(14-26-15-21)11-22(16-27)18-6-4-3-5-7-18/h3-10,12,14-15,22,27H,11,13,16H2,1-2H3/t22-/m0/s1. The summed E-state index contributed by atoms with van der Waals surface area (Å²) in [5.74, 6) is 0.329. The Balaban J connectivity index is 1.63. The van der Waals surface area contributed by atoms with Crippen LogP contribution in [0.1, 0.15) is 42.0 Å². The number of aliphatic hydroxyl groups is 1. The first-order valence-corrected chi connectivity index (χ1v) is 9.76. The Morgan fingerprint density at radius 1 is 1.04 bits per heavy atom. The van der Waals surface area contributed by atoms with Gasteiger partial charge in [-0.3, -0.25) is 9.78 Å². The van der Waals surface area contributed by atoms with E-state index >= 15 is 0 Å². The molecule has 0 aliphatic heterocycles. The Kier molecular flexibility index (Phi) is 4.86. The molecule has 1 aliphatic rings. The molecular weight excluding hydrogens is 346 g/mol. The SMILES string of the molecule is CC1(C)C(=O)Cc2ccc(-c3cncc(C[C@@H](CO)c4ccccc4)c3)cc21. The molecule has 1 aromatic heterocycles. The van der Waals surface area contributed by atoms with Crippen LogP contribution in [0, 0.1) is 0 Å². The minimum Gasteiger partial charge on any atom is -0.396 e. The van der Waals surface area contributed by atoms with Crippen molar-refractivity contribution in [2.24, 2.45) is 0 Å². The lowest BCUT2D eigenvalue weighted by Gasteiger charge is -2.18. The van der Waals surface area contributed by atoms with Crippen LogP contribution in [-0.4, -0.2) is 22.5 Å². The summed E-state index contributed by atoms with van der Waals surface area (Å²) in [5.41, 5.74) is 6.18. The molecule has 3 heteroatoms. The summed E-state index contributed by atoms with van der Waals surface area (Å²) < 4.78 is 0. The number of fused-ring (bicyclic) bond motifs is 1. The minimum atomic E-state index is -0.425. The molecule has 0 unspecified atom stereocenters. The third-order valence-corrected chi connectivity index (χ3v) is 5.93. The van der Waals surface area contributed by atoms with Gasteiger partial charge in [-0.1, -0.05) is 42.5 Å². The fourth-order valence-corrected chi connectivity index (χ4v) is 4.09. The first-order valence-electron chi connectivity index (χ1n) is 9.76. The van der Waals surface area contributed by atoms with Gasteiger partial charge in [0.05, 0.1) is 6.61 Å². The predicted octanol–water partition coefficient (Wildman–Crippen LogP) is 4.47. The molecule has 1 N–H and O–H groups in total. The number of rotatable bonds is 5. The average molecular weight is 371 g/mol. The van der Waals surface area contributed by atoms with Gasteiger partial charge >= 0.3 is 0 Å². The fourth-order valence-electron chi connectivity index (χ4n) is 4.09. The zero-order valence-electron chi connectivity index (χ0n) is 16.4. The van der Waals surface area contributed by atoms with E-state index in [2.05, 4.69) is 41.4 Å². The molecule has 4 rings (SSSR count). The zero-order chi connectivity index (χ0) is 19.7. The maximum absolute atomic E-state index is 12.3. The van der Waals surface area contributed by atoms with Gasteiger partial charge in [0.15, 0.2) is 0 Å². The van der Waals surface area contributed by atoms with Crippen LogP contribution in [0.2, 0.25) is 0 Å². The third-order valence-electron chi connectivity index (χ3n) is 5.93. The summed E-state index contributed by atoms with van der Waals surface area (Å²) in [5, 5.41) is 9.86. The Morgan fingerprint density at radius 2 is 1.82 bits per heavy atom. The summed E-state index contributed by atoms with van der Waals surface area (Å²) in [6.45, 7) is 4.11. The molecule has 0 radical (unpaired) electrons. The Bertz CT molecular complexity index is 1010. The second-order valence-corrected chi connectivity index (χ2v) is 8.17. The van der Waals surface area contributed by atoms with Gasteiger partial charge in [-0.2, -0.15) is 0 Å². The lowest BCUT2D eigenvalue weighted by atomic mass is 9.84. The van der Waals surface area contributed by atoms with Gasteiger partial charge in [0.25, 0.3) is 0 Å². The van der Waals surface area contributed by atoms with E-state index in [1.165, 1.54) is 0 Å². The molecule has 3 nitrogen and oxygen atoms in total. The number of Topliss-reactive ketones (excluding diaryl/α,β-unsaturated/α-hetero) is 1. The van der Waals surface area contributed by atoms with E-state index in [-0.39, 0.29) is 18.3 Å². The van der Waals surface area contributed by atoms with Crippen molar-refractivity contribution >= 4 is 5.78 Å². The molecule has 28 heavy (non-hydrogen) atoms. The van der Waals surface area contributed by atoms with Gasteiger partial charge in [-0.15, -0.1) is 0 Å². The van der Waals surface area contributed by atoms with E-state index in [1.807, 2.05) is 44.4 Å².